The topological polar surface area (TPSA) is 30.8 Å². The third-order valence-corrected chi connectivity index (χ3v) is 3.96. The number of aryl methyl sites for hydroxylation is 1. The average molecular weight is 332 g/mol. The Kier molecular flexibility index (Phi) is 6.48. The number of hydrogen-bond donors (Lipinski definition) is 0. The fraction of sp³-hybridized carbons (Fsp3) is 0.316. The van der Waals surface area contributed by atoms with Crippen LogP contribution in [0.1, 0.15) is 24.0 Å². The second-order valence-corrected chi connectivity index (χ2v) is 5.63. The van der Waals surface area contributed by atoms with Gasteiger partial charge in [-0.15, -0.1) is 12.4 Å². The van der Waals surface area contributed by atoms with Crippen LogP contribution in [0.5, 0.6) is 5.75 Å². The minimum Gasteiger partial charge on any atom is -0.497 e. The molecule has 1 aliphatic rings. The van der Waals surface area contributed by atoms with Crippen molar-refractivity contribution in [3.05, 3.63) is 65.7 Å². The molecule has 0 spiro atoms. The van der Waals surface area contributed by atoms with E-state index in [2.05, 4.69) is 41.6 Å². The Balaban J connectivity index is 0.00000192. The van der Waals surface area contributed by atoms with Crippen LogP contribution in [0, 0.1) is 0 Å². The van der Waals surface area contributed by atoms with Gasteiger partial charge in [0.1, 0.15) is 11.9 Å². The molecule has 3 rings (SSSR count). The van der Waals surface area contributed by atoms with Gasteiger partial charge in [-0.3, -0.25) is 0 Å². The van der Waals surface area contributed by atoms with Crippen molar-refractivity contribution < 1.29 is 9.57 Å². The maximum Gasteiger partial charge on any atom is 0.136 e. The minimum absolute atomic E-state index is 0. The predicted octanol–water partition coefficient (Wildman–Crippen LogP) is 4.44. The zero-order chi connectivity index (χ0) is 15.2. The molecule has 2 aromatic rings. The Labute approximate surface area is 143 Å². The standard InChI is InChI=1S/C19H21NO2.ClH/c1-21-18-11-8-16(9-12-18)13-19-14-17(20-22-19)10-7-15-5-3-2-4-6-15;/h2-6,8-9,11-12,19H,7,10,13-14H2,1H3;1H. The Morgan fingerprint density at radius 1 is 1.00 bits per heavy atom. The van der Waals surface area contributed by atoms with Crippen LogP contribution < -0.4 is 4.74 Å². The normalized spacial score (nSPS) is 16.2. The van der Waals surface area contributed by atoms with Crippen molar-refractivity contribution in [2.24, 2.45) is 5.16 Å². The van der Waals surface area contributed by atoms with E-state index in [1.54, 1.807) is 7.11 Å². The maximum absolute atomic E-state index is 5.57. The molecule has 1 aliphatic heterocycles. The van der Waals surface area contributed by atoms with Crippen molar-refractivity contribution in [3.63, 3.8) is 0 Å². The van der Waals surface area contributed by atoms with E-state index < -0.39 is 0 Å². The maximum atomic E-state index is 5.57. The Morgan fingerprint density at radius 2 is 1.74 bits per heavy atom. The molecular weight excluding hydrogens is 310 g/mol. The number of methoxy groups -OCH3 is 1. The number of nitrogens with zero attached hydrogens (tertiary/aromatic N) is 1. The molecule has 1 unspecified atom stereocenters. The molecule has 0 N–H and O–H groups in total. The van der Waals surface area contributed by atoms with Gasteiger partial charge in [-0.1, -0.05) is 47.6 Å². The molecule has 0 radical (unpaired) electrons. The lowest BCUT2D eigenvalue weighted by molar-refractivity contribution is 0.0859. The summed E-state index contributed by atoms with van der Waals surface area (Å²) in [5.74, 6) is 0.885. The van der Waals surface area contributed by atoms with Gasteiger partial charge in [0.05, 0.1) is 12.8 Å². The zero-order valence-corrected chi connectivity index (χ0v) is 14.1. The Bertz CT molecular complexity index is 626. The highest BCUT2D eigenvalue weighted by molar-refractivity contribution is 5.85. The van der Waals surface area contributed by atoms with Crippen molar-refractivity contribution in [1.29, 1.82) is 0 Å². The van der Waals surface area contributed by atoms with Gasteiger partial charge in [-0.25, -0.2) is 0 Å². The molecule has 0 bridgehead atoms. The first-order valence-electron chi connectivity index (χ1n) is 7.72. The van der Waals surface area contributed by atoms with Crippen molar-refractivity contribution in [3.8, 4) is 5.75 Å². The predicted molar refractivity (Wildman–Crippen MR) is 95.6 cm³/mol. The number of ether oxygens (including phenoxy) is 1. The van der Waals surface area contributed by atoms with Gasteiger partial charge in [0, 0.05) is 12.8 Å². The van der Waals surface area contributed by atoms with Crippen LogP contribution in [-0.4, -0.2) is 18.9 Å². The summed E-state index contributed by atoms with van der Waals surface area (Å²) in [6.07, 6.45) is 3.99. The van der Waals surface area contributed by atoms with Gasteiger partial charge < -0.3 is 9.57 Å². The highest BCUT2D eigenvalue weighted by Crippen LogP contribution is 2.20. The number of oxime groups is 1. The van der Waals surface area contributed by atoms with E-state index in [0.29, 0.717) is 0 Å². The van der Waals surface area contributed by atoms with Crippen LogP contribution in [0.2, 0.25) is 0 Å². The number of halogens is 1. The van der Waals surface area contributed by atoms with Crippen LogP contribution in [0.3, 0.4) is 0 Å². The second-order valence-electron chi connectivity index (χ2n) is 5.63. The van der Waals surface area contributed by atoms with Gasteiger partial charge in [0.2, 0.25) is 0 Å². The largest absolute Gasteiger partial charge is 0.497 e. The molecule has 1 atom stereocenters. The van der Waals surface area contributed by atoms with E-state index in [9.17, 15) is 0 Å². The van der Waals surface area contributed by atoms with Crippen LogP contribution in [0.4, 0.5) is 0 Å². The molecule has 1 heterocycles. The number of rotatable bonds is 6. The third-order valence-electron chi connectivity index (χ3n) is 3.96. The SMILES string of the molecule is COc1ccc(CC2CC(CCc3ccccc3)=NO2)cc1.Cl. The molecule has 3 nitrogen and oxygen atoms in total. The van der Waals surface area contributed by atoms with E-state index in [-0.39, 0.29) is 18.5 Å². The molecule has 23 heavy (non-hydrogen) atoms. The molecule has 0 fully saturated rings. The van der Waals surface area contributed by atoms with E-state index in [0.717, 1.165) is 31.4 Å². The molecule has 0 aromatic heterocycles. The van der Waals surface area contributed by atoms with E-state index in [1.807, 2.05) is 18.2 Å². The Hall–Kier alpha value is -2.00. The van der Waals surface area contributed by atoms with Gasteiger partial charge in [0.15, 0.2) is 0 Å². The quantitative estimate of drug-likeness (QED) is 0.783. The summed E-state index contributed by atoms with van der Waals surface area (Å²) in [7, 11) is 1.68. The summed E-state index contributed by atoms with van der Waals surface area (Å²) in [6, 6.07) is 18.7. The second kappa shape index (κ2) is 8.59. The Morgan fingerprint density at radius 3 is 2.43 bits per heavy atom. The summed E-state index contributed by atoms with van der Waals surface area (Å²) in [6.45, 7) is 0. The highest BCUT2D eigenvalue weighted by Gasteiger charge is 2.21. The van der Waals surface area contributed by atoms with Gasteiger partial charge in [-0.2, -0.15) is 0 Å². The third kappa shape index (κ3) is 5.00. The van der Waals surface area contributed by atoms with E-state index >= 15 is 0 Å². The number of benzene rings is 2. The monoisotopic (exact) mass is 331 g/mol. The van der Waals surface area contributed by atoms with Crippen molar-refractivity contribution in [1.82, 2.24) is 0 Å². The smallest absolute Gasteiger partial charge is 0.136 e. The molecule has 0 amide bonds. The minimum atomic E-state index is 0. The molecule has 122 valence electrons. The highest BCUT2D eigenvalue weighted by atomic mass is 35.5. The molecule has 0 saturated carbocycles. The molecule has 4 heteroatoms. The van der Waals surface area contributed by atoms with E-state index in [4.69, 9.17) is 9.57 Å². The lowest BCUT2D eigenvalue weighted by Crippen LogP contribution is -2.11. The molecule has 0 saturated heterocycles. The summed E-state index contributed by atoms with van der Waals surface area (Å²) in [5.41, 5.74) is 3.77. The molecular formula is C19H22ClNO2. The van der Waals surface area contributed by atoms with Crippen molar-refractivity contribution in [2.75, 3.05) is 7.11 Å². The first kappa shape index (κ1) is 17.4. The number of hydrogen-bond acceptors (Lipinski definition) is 3. The van der Waals surface area contributed by atoms with Gasteiger partial charge >= 0.3 is 0 Å². The fourth-order valence-electron chi connectivity index (χ4n) is 2.70. The first-order chi connectivity index (χ1) is 10.8. The summed E-state index contributed by atoms with van der Waals surface area (Å²) < 4.78 is 5.18. The molecule has 2 aromatic carbocycles. The lowest BCUT2D eigenvalue weighted by Gasteiger charge is -2.08. The average Bonchev–Trinajstić information content (AvgIpc) is 3.02. The van der Waals surface area contributed by atoms with E-state index in [1.165, 1.54) is 16.8 Å². The summed E-state index contributed by atoms with van der Waals surface area (Å²) >= 11 is 0. The fourth-order valence-corrected chi connectivity index (χ4v) is 2.70. The first-order valence-corrected chi connectivity index (χ1v) is 7.72. The lowest BCUT2D eigenvalue weighted by atomic mass is 10.0. The summed E-state index contributed by atoms with van der Waals surface area (Å²) in [5, 5.41) is 4.25. The van der Waals surface area contributed by atoms with Crippen LogP contribution in [0.15, 0.2) is 59.8 Å². The van der Waals surface area contributed by atoms with Gasteiger partial charge in [-0.05, 0) is 36.1 Å². The molecule has 0 aliphatic carbocycles. The zero-order valence-electron chi connectivity index (χ0n) is 13.3. The van der Waals surface area contributed by atoms with Crippen LogP contribution in [0.25, 0.3) is 0 Å². The van der Waals surface area contributed by atoms with Gasteiger partial charge in [0.25, 0.3) is 0 Å². The van der Waals surface area contributed by atoms with Crippen LogP contribution in [-0.2, 0) is 17.7 Å². The van der Waals surface area contributed by atoms with Crippen LogP contribution >= 0.6 is 12.4 Å². The van der Waals surface area contributed by atoms with Crippen molar-refractivity contribution in [2.45, 2.75) is 31.8 Å². The summed E-state index contributed by atoms with van der Waals surface area (Å²) in [4.78, 5) is 5.57. The van der Waals surface area contributed by atoms with Crippen molar-refractivity contribution >= 4 is 18.1 Å².